The number of aliphatic hydroxyl groups excluding tert-OH is 1. The Morgan fingerprint density at radius 2 is 1.85 bits per heavy atom. The minimum absolute atomic E-state index is 0.337. The molecule has 0 radical (unpaired) electrons. The lowest BCUT2D eigenvalue weighted by molar-refractivity contribution is 0.367. The third-order valence-corrected chi connectivity index (χ3v) is 1.43. The third-order valence-electron chi connectivity index (χ3n) is 1.43. The van der Waals surface area contributed by atoms with Crippen molar-refractivity contribution in [2.75, 3.05) is 0 Å². The molecule has 1 rings (SSSR count). The van der Waals surface area contributed by atoms with E-state index in [1.165, 1.54) is 0 Å². The summed E-state index contributed by atoms with van der Waals surface area (Å²) in [6, 6.07) is 0. The number of aliphatic hydroxyl groups is 1. The molecule has 0 bridgehead atoms. The number of rotatable bonds is 0. The molecule has 0 saturated heterocycles. The first kappa shape index (κ1) is 11.9. The van der Waals surface area contributed by atoms with Crippen molar-refractivity contribution >= 4 is 0 Å². The molecule has 0 fully saturated rings. The molecule has 0 saturated carbocycles. The monoisotopic (exact) mass is 188 g/mol. The fourth-order valence-electron chi connectivity index (χ4n) is 0.805. The van der Waals surface area contributed by atoms with E-state index in [2.05, 4.69) is 0 Å². The molecule has 0 spiro atoms. The minimum Gasteiger partial charge on any atom is -0.503 e. The van der Waals surface area contributed by atoms with Gasteiger partial charge in [-0.1, -0.05) is 19.4 Å². The standard InChI is InChI=1S/C8H8F2O.C2H6/c1-5-2-3-6(9)8(11)7(10)4-5;1-2/h3-4,11H,2H2,1H3;1-2H3. The minimum atomic E-state index is -0.909. The highest BCUT2D eigenvalue weighted by Gasteiger charge is 2.11. The first-order chi connectivity index (χ1) is 6.11. The summed E-state index contributed by atoms with van der Waals surface area (Å²) in [7, 11) is 0. The summed E-state index contributed by atoms with van der Waals surface area (Å²) >= 11 is 0. The Bertz CT molecular complexity index is 262. The molecule has 13 heavy (non-hydrogen) atoms. The van der Waals surface area contributed by atoms with Gasteiger partial charge in [-0.05, 0) is 25.5 Å². The van der Waals surface area contributed by atoms with Crippen LogP contribution >= 0.6 is 0 Å². The van der Waals surface area contributed by atoms with E-state index >= 15 is 0 Å². The quantitative estimate of drug-likeness (QED) is 0.610. The van der Waals surface area contributed by atoms with Gasteiger partial charge in [-0.15, -0.1) is 0 Å². The smallest absolute Gasteiger partial charge is 0.187 e. The van der Waals surface area contributed by atoms with Gasteiger partial charge in [0, 0.05) is 0 Å². The van der Waals surface area contributed by atoms with Gasteiger partial charge in [0.05, 0.1) is 0 Å². The zero-order chi connectivity index (χ0) is 10.4. The second kappa shape index (κ2) is 5.51. The van der Waals surface area contributed by atoms with Crippen molar-refractivity contribution in [1.82, 2.24) is 0 Å². The molecule has 0 atom stereocenters. The Balaban J connectivity index is 0.000000671. The number of halogens is 2. The largest absolute Gasteiger partial charge is 0.503 e. The molecule has 1 nitrogen and oxygen atoms in total. The van der Waals surface area contributed by atoms with E-state index in [9.17, 15) is 8.78 Å². The molecule has 3 heteroatoms. The highest BCUT2D eigenvalue weighted by atomic mass is 19.1. The van der Waals surface area contributed by atoms with Crippen LogP contribution in [0.5, 0.6) is 0 Å². The summed E-state index contributed by atoms with van der Waals surface area (Å²) in [5, 5.41) is 8.76. The fourth-order valence-corrected chi connectivity index (χ4v) is 0.805. The van der Waals surface area contributed by atoms with E-state index in [0.29, 0.717) is 12.0 Å². The Morgan fingerprint density at radius 1 is 1.31 bits per heavy atom. The number of allylic oxidation sites excluding steroid dienone is 5. The topological polar surface area (TPSA) is 20.2 Å². The van der Waals surface area contributed by atoms with E-state index in [4.69, 9.17) is 5.11 Å². The lowest BCUT2D eigenvalue weighted by Crippen LogP contribution is -1.82. The second-order valence-electron chi connectivity index (χ2n) is 2.44. The predicted molar refractivity (Wildman–Crippen MR) is 49.7 cm³/mol. The van der Waals surface area contributed by atoms with Crippen LogP contribution in [0.25, 0.3) is 0 Å². The lowest BCUT2D eigenvalue weighted by Gasteiger charge is -1.92. The molecule has 0 amide bonds. The van der Waals surface area contributed by atoms with Crippen LogP contribution in [0.3, 0.4) is 0 Å². The zero-order valence-corrected chi connectivity index (χ0v) is 8.06. The summed E-state index contributed by atoms with van der Waals surface area (Å²) in [6.45, 7) is 5.67. The molecular formula is C10H14F2O. The van der Waals surface area contributed by atoms with E-state index in [-0.39, 0.29) is 0 Å². The summed E-state index contributed by atoms with van der Waals surface area (Å²) < 4.78 is 25.2. The third kappa shape index (κ3) is 3.40. The van der Waals surface area contributed by atoms with Gasteiger partial charge in [-0.25, -0.2) is 8.78 Å². The molecule has 0 aromatic heterocycles. The van der Waals surface area contributed by atoms with E-state index < -0.39 is 17.4 Å². The van der Waals surface area contributed by atoms with Crippen molar-refractivity contribution in [3.63, 3.8) is 0 Å². The van der Waals surface area contributed by atoms with Gasteiger partial charge in [0.25, 0.3) is 0 Å². The molecule has 0 aromatic carbocycles. The molecule has 1 aliphatic carbocycles. The first-order valence-electron chi connectivity index (χ1n) is 4.23. The summed E-state index contributed by atoms with van der Waals surface area (Å²) in [4.78, 5) is 0. The average Bonchev–Trinajstić information content (AvgIpc) is 2.24. The zero-order valence-electron chi connectivity index (χ0n) is 8.06. The molecule has 0 aromatic rings. The maximum Gasteiger partial charge on any atom is 0.187 e. The Kier molecular flexibility index (Phi) is 5.04. The van der Waals surface area contributed by atoms with Gasteiger partial charge in [0.2, 0.25) is 0 Å². The van der Waals surface area contributed by atoms with E-state index in [1.807, 2.05) is 13.8 Å². The maximum atomic E-state index is 12.6. The molecule has 74 valence electrons. The van der Waals surface area contributed by atoms with Crippen LogP contribution in [0, 0.1) is 0 Å². The van der Waals surface area contributed by atoms with Gasteiger partial charge in [-0.2, -0.15) is 0 Å². The number of hydrogen-bond acceptors (Lipinski definition) is 1. The van der Waals surface area contributed by atoms with Crippen LogP contribution in [-0.4, -0.2) is 5.11 Å². The van der Waals surface area contributed by atoms with Gasteiger partial charge in [0.15, 0.2) is 17.4 Å². The summed E-state index contributed by atoms with van der Waals surface area (Å²) in [5.74, 6) is -2.70. The van der Waals surface area contributed by atoms with E-state index in [1.54, 1.807) is 6.92 Å². The molecule has 0 unspecified atom stereocenters. The Hall–Kier alpha value is -1.12. The molecule has 1 N–H and O–H groups in total. The highest BCUT2D eigenvalue weighted by molar-refractivity contribution is 5.33. The predicted octanol–water partition coefficient (Wildman–Crippen LogP) is 3.96. The van der Waals surface area contributed by atoms with Gasteiger partial charge >= 0.3 is 0 Å². The van der Waals surface area contributed by atoms with Gasteiger partial charge in [0.1, 0.15) is 0 Å². The average molecular weight is 188 g/mol. The maximum absolute atomic E-state index is 12.6. The van der Waals surface area contributed by atoms with Gasteiger partial charge in [-0.3, -0.25) is 0 Å². The fraction of sp³-hybridized carbons (Fsp3) is 0.400. The molecular weight excluding hydrogens is 174 g/mol. The van der Waals surface area contributed by atoms with Crippen molar-refractivity contribution in [2.45, 2.75) is 27.2 Å². The number of hydrogen-bond donors (Lipinski definition) is 1. The van der Waals surface area contributed by atoms with Crippen LogP contribution in [0.4, 0.5) is 8.78 Å². The van der Waals surface area contributed by atoms with Crippen LogP contribution in [0.1, 0.15) is 27.2 Å². The van der Waals surface area contributed by atoms with Crippen molar-refractivity contribution in [1.29, 1.82) is 0 Å². The van der Waals surface area contributed by atoms with Crippen molar-refractivity contribution in [2.24, 2.45) is 0 Å². The van der Waals surface area contributed by atoms with Crippen molar-refractivity contribution < 1.29 is 13.9 Å². The Labute approximate surface area is 77.1 Å². The van der Waals surface area contributed by atoms with Crippen molar-refractivity contribution in [3.05, 3.63) is 35.1 Å². The molecule has 0 heterocycles. The highest BCUT2D eigenvalue weighted by Crippen LogP contribution is 2.22. The molecule has 1 aliphatic rings. The van der Waals surface area contributed by atoms with Crippen molar-refractivity contribution in [3.8, 4) is 0 Å². The Morgan fingerprint density at radius 3 is 2.38 bits per heavy atom. The second-order valence-corrected chi connectivity index (χ2v) is 2.44. The first-order valence-corrected chi connectivity index (χ1v) is 4.23. The van der Waals surface area contributed by atoms with Crippen LogP contribution in [-0.2, 0) is 0 Å². The summed E-state index contributed by atoms with van der Waals surface area (Å²) in [5.41, 5.74) is 0.682. The lowest BCUT2D eigenvalue weighted by atomic mass is 10.2. The normalized spacial score (nSPS) is 16.7. The van der Waals surface area contributed by atoms with Crippen LogP contribution in [0.15, 0.2) is 35.1 Å². The SMILES string of the molecule is CC.CC1=CC(F)=C(O)C(F)=CC1. The summed E-state index contributed by atoms with van der Waals surface area (Å²) in [6.07, 6.45) is 2.61. The molecule has 0 aliphatic heterocycles. The van der Waals surface area contributed by atoms with E-state index in [0.717, 1.165) is 12.2 Å². The van der Waals surface area contributed by atoms with Gasteiger partial charge < -0.3 is 5.11 Å². The van der Waals surface area contributed by atoms with Crippen LogP contribution < -0.4 is 0 Å². The van der Waals surface area contributed by atoms with Crippen LogP contribution in [0.2, 0.25) is 0 Å².